The van der Waals surface area contributed by atoms with Crippen molar-refractivity contribution in [1.29, 1.82) is 0 Å². The number of halogens is 5. The Morgan fingerprint density at radius 3 is 2.33 bits per heavy atom. The summed E-state index contributed by atoms with van der Waals surface area (Å²) in [5, 5.41) is 1.96. The van der Waals surface area contributed by atoms with Gasteiger partial charge in [0.25, 0.3) is 10.0 Å². The van der Waals surface area contributed by atoms with Gasteiger partial charge in [-0.1, -0.05) is 51.3 Å². The second kappa shape index (κ2) is 9.74. The zero-order valence-electron chi connectivity index (χ0n) is 17.0. The molecule has 0 heterocycles. The molecule has 3 aromatic carbocycles. The quantitative estimate of drug-likeness (QED) is 0.386. The van der Waals surface area contributed by atoms with Gasteiger partial charge in [0, 0.05) is 10.2 Å². The lowest BCUT2D eigenvalue weighted by Crippen LogP contribution is -2.38. The summed E-state index contributed by atoms with van der Waals surface area (Å²) in [7, 11) is -4.39. The van der Waals surface area contributed by atoms with E-state index in [1.807, 2.05) is 0 Å². The summed E-state index contributed by atoms with van der Waals surface area (Å²) in [5.41, 5.74) is -0.386. The van der Waals surface area contributed by atoms with Gasteiger partial charge < -0.3 is 5.32 Å². The molecule has 0 radical (unpaired) electrons. The van der Waals surface area contributed by atoms with Crippen LogP contribution in [0.3, 0.4) is 0 Å². The molecule has 0 atom stereocenters. The number of hydrogen-bond donors (Lipinski definition) is 1. The number of amides is 1. The van der Waals surface area contributed by atoms with E-state index in [1.165, 1.54) is 12.1 Å². The van der Waals surface area contributed by atoms with Crippen LogP contribution in [-0.4, -0.2) is 20.9 Å². The topological polar surface area (TPSA) is 66.5 Å². The van der Waals surface area contributed by atoms with Crippen molar-refractivity contribution in [3.8, 4) is 0 Å². The fourth-order valence-corrected chi connectivity index (χ4v) is 4.97. The Hall–Kier alpha value is -2.56. The van der Waals surface area contributed by atoms with Gasteiger partial charge in [0.2, 0.25) is 5.91 Å². The van der Waals surface area contributed by atoms with Crippen molar-refractivity contribution in [2.24, 2.45) is 0 Å². The Balaban J connectivity index is 2.05. The number of carbonyl (C=O) groups excluding carboxylic acids is 1. The zero-order valence-corrected chi connectivity index (χ0v) is 20.2. The van der Waals surface area contributed by atoms with Crippen molar-refractivity contribution < 1.29 is 26.4 Å². The fraction of sp³-hybridized carbons (Fsp3) is 0.136. The summed E-state index contributed by atoms with van der Waals surface area (Å²) in [5.74, 6) is -0.743. The maximum absolute atomic E-state index is 13.4. The van der Waals surface area contributed by atoms with Crippen molar-refractivity contribution in [3.63, 3.8) is 0 Å². The maximum Gasteiger partial charge on any atom is 0.417 e. The van der Waals surface area contributed by atoms with Crippen LogP contribution in [0.1, 0.15) is 11.1 Å². The number of rotatable bonds is 6. The predicted octanol–water partition coefficient (Wildman–Crippen LogP) is 6.26. The first-order chi connectivity index (χ1) is 15.4. The molecule has 0 fully saturated rings. The SMILES string of the molecule is Cc1ccc(S(=O)(=O)N(CC(=O)Nc2cccc(Br)c2)c2ccc(Cl)c(C(F)(F)F)c2)cc1. The average Bonchev–Trinajstić information content (AvgIpc) is 2.72. The number of benzene rings is 3. The van der Waals surface area contributed by atoms with Crippen LogP contribution in [-0.2, 0) is 21.0 Å². The second-order valence-electron chi connectivity index (χ2n) is 7.05. The number of aryl methyl sites for hydroxylation is 1. The summed E-state index contributed by atoms with van der Waals surface area (Å²) in [6.07, 6.45) is -4.81. The largest absolute Gasteiger partial charge is 0.417 e. The van der Waals surface area contributed by atoms with Crippen molar-refractivity contribution in [2.75, 3.05) is 16.2 Å². The molecule has 0 aromatic heterocycles. The van der Waals surface area contributed by atoms with Gasteiger partial charge in [0.15, 0.2) is 0 Å². The molecule has 1 N–H and O–H groups in total. The van der Waals surface area contributed by atoms with Crippen LogP contribution in [0.4, 0.5) is 24.5 Å². The second-order valence-corrected chi connectivity index (χ2v) is 10.2. The molecule has 0 aliphatic rings. The van der Waals surface area contributed by atoms with E-state index in [-0.39, 0.29) is 10.6 Å². The van der Waals surface area contributed by atoms with Crippen LogP contribution >= 0.6 is 27.5 Å². The van der Waals surface area contributed by atoms with Crippen LogP contribution in [0.5, 0.6) is 0 Å². The summed E-state index contributed by atoms with van der Waals surface area (Å²) in [6.45, 7) is 0.996. The molecule has 3 aromatic rings. The third-order valence-electron chi connectivity index (χ3n) is 4.55. The standard InChI is InChI=1S/C22H17BrClF3N2O3S/c1-14-5-8-18(9-6-14)33(31,32)29(13-21(30)28-16-4-2-3-15(23)11-16)17-7-10-20(24)19(12-17)22(25,26)27/h2-12H,13H2,1H3,(H,28,30). The number of sulfonamides is 1. The smallest absolute Gasteiger partial charge is 0.324 e. The van der Waals surface area contributed by atoms with Crippen LogP contribution < -0.4 is 9.62 Å². The lowest BCUT2D eigenvalue weighted by molar-refractivity contribution is -0.137. The minimum Gasteiger partial charge on any atom is -0.324 e. The van der Waals surface area contributed by atoms with Crippen molar-refractivity contribution >= 4 is 54.8 Å². The Morgan fingerprint density at radius 1 is 1.06 bits per heavy atom. The van der Waals surface area contributed by atoms with Crippen molar-refractivity contribution in [1.82, 2.24) is 0 Å². The molecule has 0 spiro atoms. The molecular formula is C22H17BrClF3N2O3S. The van der Waals surface area contributed by atoms with Crippen LogP contribution in [0.15, 0.2) is 76.1 Å². The van der Waals surface area contributed by atoms with Gasteiger partial charge in [0.05, 0.1) is 21.2 Å². The molecule has 0 saturated heterocycles. The molecule has 0 aliphatic heterocycles. The predicted molar refractivity (Wildman–Crippen MR) is 125 cm³/mol. The molecule has 11 heteroatoms. The highest BCUT2D eigenvalue weighted by Crippen LogP contribution is 2.38. The molecule has 0 saturated carbocycles. The lowest BCUT2D eigenvalue weighted by Gasteiger charge is -2.25. The highest BCUT2D eigenvalue weighted by atomic mass is 79.9. The molecule has 1 amide bonds. The molecule has 0 aliphatic carbocycles. The monoisotopic (exact) mass is 560 g/mol. The van der Waals surface area contributed by atoms with E-state index in [9.17, 15) is 26.4 Å². The number of nitrogens with one attached hydrogen (secondary N) is 1. The van der Waals surface area contributed by atoms with E-state index in [2.05, 4.69) is 21.2 Å². The fourth-order valence-electron chi connectivity index (χ4n) is 2.94. The third-order valence-corrected chi connectivity index (χ3v) is 7.16. The number of alkyl halides is 3. The summed E-state index contributed by atoms with van der Waals surface area (Å²) in [6, 6.07) is 15.0. The van der Waals surface area contributed by atoms with Gasteiger partial charge in [-0.15, -0.1) is 0 Å². The molecular weight excluding hydrogens is 545 g/mol. The van der Waals surface area contributed by atoms with E-state index in [0.717, 1.165) is 17.7 Å². The van der Waals surface area contributed by atoms with Crippen molar-refractivity contribution in [2.45, 2.75) is 18.0 Å². The first-order valence-corrected chi connectivity index (χ1v) is 12.0. The normalized spacial score (nSPS) is 11.8. The van der Waals surface area contributed by atoms with E-state index in [0.29, 0.717) is 20.5 Å². The Labute approximate surface area is 202 Å². The van der Waals surface area contributed by atoms with E-state index in [1.54, 1.807) is 43.3 Å². The van der Waals surface area contributed by atoms with Gasteiger partial charge in [-0.2, -0.15) is 13.2 Å². The molecule has 3 rings (SSSR count). The summed E-state index contributed by atoms with van der Waals surface area (Å²) >= 11 is 8.95. The summed E-state index contributed by atoms with van der Waals surface area (Å²) < 4.78 is 68.2. The van der Waals surface area contributed by atoms with E-state index in [4.69, 9.17) is 11.6 Å². The van der Waals surface area contributed by atoms with Gasteiger partial charge in [-0.25, -0.2) is 8.42 Å². The molecule has 0 bridgehead atoms. The van der Waals surface area contributed by atoms with Crippen LogP contribution in [0, 0.1) is 6.92 Å². The molecule has 33 heavy (non-hydrogen) atoms. The highest BCUT2D eigenvalue weighted by molar-refractivity contribution is 9.10. The first kappa shape index (κ1) is 25.1. The van der Waals surface area contributed by atoms with Crippen LogP contribution in [0.2, 0.25) is 5.02 Å². The number of carbonyl (C=O) groups is 1. The average molecular weight is 562 g/mol. The van der Waals surface area contributed by atoms with E-state index < -0.39 is 39.2 Å². The molecule has 5 nitrogen and oxygen atoms in total. The van der Waals surface area contributed by atoms with Gasteiger partial charge in [-0.3, -0.25) is 9.10 Å². The maximum atomic E-state index is 13.4. The minimum atomic E-state index is -4.81. The number of nitrogens with zero attached hydrogens (tertiary/aromatic N) is 1. The Kier molecular flexibility index (Phi) is 7.40. The zero-order chi connectivity index (χ0) is 24.4. The lowest BCUT2D eigenvalue weighted by atomic mass is 10.2. The molecule has 174 valence electrons. The van der Waals surface area contributed by atoms with Gasteiger partial charge in [0.1, 0.15) is 6.54 Å². The highest BCUT2D eigenvalue weighted by Gasteiger charge is 2.35. The minimum absolute atomic E-state index is 0.174. The van der Waals surface area contributed by atoms with Crippen LogP contribution in [0.25, 0.3) is 0 Å². The van der Waals surface area contributed by atoms with Crippen molar-refractivity contribution in [3.05, 3.63) is 87.4 Å². The number of anilines is 2. The van der Waals surface area contributed by atoms with Gasteiger partial charge >= 0.3 is 6.18 Å². The Morgan fingerprint density at radius 2 is 1.73 bits per heavy atom. The summed E-state index contributed by atoms with van der Waals surface area (Å²) in [4.78, 5) is 12.5. The molecule has 0 unspecified atom stereocenters. The third kappa shape index (κ3) is 6.07. The Bertz CT molecular complexity index is 1280. The van der Waals surface area contributed by atoms with E-state index >= 15 is 0 Å². The number of hydrogen-bond acceptors (Lipinski definition) is 3. The van der Waals surface area contributed by atoms with Gasteiger partial charge in [-0.05, 0) is 55.5 Å². The first-order valence-electron chi connectivity index (χ1n) is 9.39.